The summed E-state index contributed by atoms with van der Waals surface area (Å²) in [6.45, 7) is 6.24. The molecule has 3 heterocycles. The van der Waals surface area contributed by atoms with Gasteiger partial charge in [0.15, 0.2) is 6.19 Å². The zero-order chi connectivity index (χ0) is 30.4. The number of alkyl halides is 2. The summed E-state index contributed by atoms with van der Waals surface area (Å²) in [6, 6.07) is 3.29. The number of carbonyl (C=O) groups is 2. The Bertz CT molecular complexity index is 1420. The van der Waals surface area contributed by atoms with Crippen LogP contribution in [-0.2, 0) is 15.0 Å². The monoisotopic (exact) mass is 584 g/mol. The number of fused-ring (bicyclic) bond motifs is 1. The van der Waals surface area contributed by atoms with Gasteiger partial charge in [-0.1, -0.05) is 19.9 Å². The first-order valence-corrected chi connectivity index (χ1v) is 14.1. The molecule has 1 unspecified atom stereocenters. The number of β-amino-alcohol motifs (C(OH)–C–C–N with tert-alkyl or cyclic N) is 1. The van der Waals surface area contributed by atoms with Gasteiger partial charge in [-0.05, 0) is 43.5 Å². The van der Waals surface area contributed by atoms with Crippen molar-refractivity contribution in [3.05, 3.63) is 53.6 Å². The second kappa shape index (κ2) is 10.8. The van der Waals surface area contributed by atoms with Crippen molar-refractivity contribution in [3.8, 4) is 6.19 Å². The van der Waals surface area contributed by atoms with Gasteiger partial charge in [-0.25, -0.2) is 13.2 Å². The number of halogens is 3. The van der Waals surface area contributed by atoms with Gasteiger partial charge in [0.05, 0.1) is 18.3 Å². The van der Waals surface area contributed by atoms with E-state index >= 15 is 0 Å². The maximum atomic E-state index is 14.5. The lowest BCUT2D eigenvalue weighted by Crippen LogP contribution is -2.52. The lowest BCUT2D eigenvalue weighted by Gasteiger charge is -2.36. The fourth-order valence-corrected chi connectivity index (χ4v) is 6.25. The summed E-state index contributed by atoms with van der Waals surface area (Å²) in [6.07, 6.45) is 3.49. The Morgan fingerprint density at radius 2 is 1.93 bits per heavy atom. The molecular weight excluding hydrogens is 549 g/mol. The standard InChI is InChI=1S/C30H35F3N6O3/c1-28(2)15-36-23-11-21(4-5-22(23)28)39(27(41)24-12-29(3,42)16-38(24)17-34)25(18-10-19(31)14-35-13-18)26(40)37-20-6-8-30(32,33)9-7-20/h4-5,10-11,13-14,20,24-25,36,42H,6-9,12,15-16H2,1-3H3,(H,37,40)/t24-,25?,29-/m1/s1. The van der Waals surface area contributed by atoms with Gasteiger partial charge < -0.3 is 15.7 Å². The molecule has 3 atom stereocenters. The van der Waals surface area contributed by atoms with Gasteiger partial charge in [0, 0.05) is 60.4 Å². The molecule has 3 aliphatic rings. The highest BCUT2D eigenvalue weighted by atomic mass is 19.3. The third-order valence-corrected chi connectivity index (χ3v) is 8.51. The number of benzene rings is 1. The minimum Gasteiger partial charge on any atom is -0.388 e. The molecule has 1 saturated carbocycles. The van der Waals surface area contributed by atoms with Crippen LogP contribution in [0.5, 0.6) is 0 Å². The molecule has 9 nitrogen and oxygen atoms in total. The molecule has 3 N–H and O–H groups in total. The average molecular weight is 585 g/mol. The summed E-state index contributed by atoms with van der Waals surface area (Å²) >= 11 is 0. The largest absolute Gasteiger partial charge is 0.388 e. The fourth-order valence-electron chi connectivity index (χ4n) is 6.25. The normalized spacial score (nSPS) is 25.2. The molecule has 0 radical (unpaired) electrons. The molecule has 0 spiro atoms. The lowest BCUT2D eigenvalue weighted by molar-refractivity contribution is -0.129. The number of amides is 2. The van der Waals surface area contributed by atoms with Gasteiger partial charge in [0.2, 0.25) is 11.8 Å². The average Bonchev–Trinajstić information content (AvgIpc) is 3.41. The van der Waals surface area contributed by atoms with E-state index in [2.05, 4.69) is 29.5 Å². The third kappa shape index (κ3) is 5.88. The molecule has 2 aromatic rings. The molecule has 224 valence electrons. The number of pyridine rings is 1. The van der Waals surface area contributed by atoms with Crippen LogP contribution >= 0.6 is 0 Å². The van der Waals surface area contributed by atoms with Crippen molar-refractivity contribution < 1.29 is 27.9 Å². The first-order chi connectivity index (χ1) is 19.7. The number of aromatic nitrogens is 1. The van der Waals surface area contributed by atoms with E-state index in [1.165, 1.54) is 22.9 Å². The van der Waals surface area contributed by atoms with Crippen LogP contribution < -0.4 is 15.5 Å². The molecule has 1 aromatic heterocycles. The minimum absolute atomic E-state index is 0.0480. The molecule has 5 rings (SSSR count). The van der Waals surface area contributed by atoms with Crippen molar-refractivity contribution in [2.24, 2.45) is 0 Å². The highest BCUT2D eigenvalue weighted by Crippen LogP contribution is 2.41. The summed E-state index contributed by atoms with van der Waals surface area (Å²) in [4.78, 5) is 34.8. The van der Waals surface area contributed by atoms with Crippen LogP contribution in [-0.4, -0.2) is 63.5 Å². The van der Waals surface area contributed by atoms with Gasteiger partial charge in [0.1, 0.15) is 17.9 Å². The SMILES string of the molecule is CC1(C)CNc2cc(N(C(=O)[C@H]3C[C@@](C)(O)CN3C#N)C(C(=O)NC3CCC(F)(F)CC3)c3cncc(F)c3)ccc21. The lowest BCUT2D eigenvalue weighted by atomic mass is 9.87. The molecule has 1 saturated heterocycles. The first kappa shape index (κ1) is 29.6. The number of likely N-dealkylation sites (tertiary alicyclic amines) is 1. The number of anilines is 2. The molecule has 2 amide bonds. The van der Waals surface area contributed by atoms with E-state index in [4.69, 9.17) is 0 Å². The number of nitrogens with zero attached hydrogens (tertiary/aromatic N) is 4. The van der Waals surface area contributed by atoms with Crippen molar-refractivity contribution in [2.45, 2.75) is 87.9 Å². The van der Waals surface area contributed by atoms with Crippen molar-refractivity contribution in [1.82, 2.24) is 15.2 Å². The first-order valence-electron chi connectivity index (χ1n) is 14.1. The third-order valence-electron chi connectivity index (χ3n) is 8.51. The Kier molecular flexibility index (Phi) is 7.60. The molecule has 1 aliphatic carbocycles. The highest BCUT2D eigenvalue weighted by Gasteiger charge is 2.47. The topological polar surface area (TPSA) is 122 Å². The number of hydrogen-bond donors (Lipinski definition) is 3. The Balaban J connectivity index is 1.60. The highest BCUT2D eigenvalue weighted by molar-refractivity contribution is 6.04. The maximum absolute atomic E-state index is 14.5. The molecule has 1 aromatic carbocycles. The van der Waals surface area contributed by atoms with Crippen molar-refractivity contribution in [2.75, 3.05) is 23.3 Å². The van der Waals surface area contributed by atoms with Gasteiger partial charge in [0.25, 0.3) is 5.91 Å². The summed E-state index contributed by atoms with van der Waals surface area (Å²) in [7, 11) is 0. The van der Waals surface area contributed by atoms with Gasteiger partial charge in [-0.3, -0.25) is 24.4 Å². The van der Waals surface area contributed by atoms with E-state index in [-0.39, 0.29) is 49.6 Å². The van der Waals surface area contributed by atoms with Crippen LogP contribution in [0.2, 0.25) is 0 Å². The molecule has 12 heteroatoms. The predicted octanol–water partition coefficient (Wildman–Crippen LogP) is 4.00. The quantitative estimate of drug-likeness (QED) is 0.439. The predicted molar refractivity (Wildman–Crippen MR) is 149 cm³/mol. The van der Waals surface area contributed by atoms with Gasteiger partial charge in [-0.15, -0.1) is 0 Å². The Hall–Kier alpha value is -3.85. The second-order valence-corrected chi connectivity index (χ2v) is 12.6. The van der Waals surface area contributed by atoms with E-state index in [1.54, 1.807) is 12.1 Å². The number of aliphatic hydroxyl groups is 1. The Morgan fingerprint density at radius 1 is 1.21 bits per heavy atom. The zero-order valence-electron chi connectivity index (χ0n) is 23.8. The molecule has 42 heavy (non-hydrogen) atoms. The Labute approximate surface area is 242 Å². The van der Waals surface area contributed by atoms with Crippen LogP contribution in [0.1, 0.15) is 70.0 Å². The van der Waals surface area contributed by atoms with Gasteiger partial charge in [-0.2, -0.15) is 5.26 Å². The maximum Gasteiger partial charge on any atom is 0.251 e. The Morgan fingerprint density at radius 3 is 2.60 bits per heavy atom. The summed E-state index contributed by atoms with van der Waals surface area (Å²) in [5.74, 6) is -4.87. The smallest absolute Gasteiger partial charge is 0.251 e. The van der Waals surface area contributed by atoms with Crippen LogP contribution in [0.25, 0.3) is 0 Å². The van der Waals surface area contributed by atoms with E-state index in [0.717, 1.165) is 23.5 Å². The van der Waals surface area contributed by atoms with Crippen molar-refractivity contribution >= 4 is 23.2 Å². The molecule has 2 aliphatic heterocycles. The van der Waals surface area contributed by atoms with Crippen LogP contribution in [0.4, 0.5) is 24.5 Å². The number of hydrogen-bond acceptors (Lipinski definition) is 7. The molecule has 2 fully saturated rings. The van der Waals surface area contributed by atoms with Crippen LogP contribution in [0.3, 0.4) is 0 Å². The van der Waals surface area contributed by atoms with Crippen LogP contribution in [0.15, 0.2) is 36.7 Å². The molecule has 0 bridgehead atoms. The summed E-state index contributed by atoms with van der Waals surface area (Å²) in [5, 5.41) is 26.7. The van der Waals surface area contributed by atoms with Crippen molar-refractivity contribution in [3.63, 3.8) is 0 Å². The fraction of sp³-hybridized carbons (Fsp3) is 0.533. The zero-order valence-corrected chi connectivity index (χ0v) is 23.8. The summed E-state index contributed by atoms with van der Waals surface area (Å²) < 4.78 is 42.2. The second-order valence-electron chi connectivity index (χ2n) is 12.6. The van der Waals surface area contributed by atoms with E-state index < -0.39 is 47.3 Å². The minimum atomic E-state index is -2.81. The van der Waals surface area contributed by atoms with E-state index in [9.17, 15) is 33.1 Å². The summed E-state index contributed by atoms with van der Waals surface area (Å²) in [5.41, 5.74) is 0.639. The number of nitrogens with one attached hydrogen (secondary N) is 2. The molecular formula is C30H35F3N6O3. The van der Waals surface area contributed by atoms with E-state index in [0.29, 0.717) is 12.2 Å². The van der Waals surface area contributed by atoms with Crippen LogP contribution in [0, 0.1) is 17.3 Å². The van der Waals surface area contributed by atoms with Crippen molar-refractivity contribution in [1.29, 1.82) is 5.26 Å². The number of carbonyl (C=O) groups excluding carboxylic acids is 2. The van der Waals surface area contributed by atoms with Gasteiger partial charge >= 0.3 is 0 Å². The number of nitriles is 1. The number of rotatable bonds is 6. The van der Waals surface area contributed by atoms with E-state index in [1.807, 2.05) is 12.3 Å².